The fraction of sp³-hybridized carbons (Fsp3) is 0.143. The molecule has 0 fully saturated rings. The van der Waals surface area contributed by atoms with Gasteiger partial charge in [0.05, 0.1) is 5.56 Å². The summed E-state index contributed by atoms with van der Waals surface area (Å²) < 4.78 is 60.7. The average Bonchev–Trinajstić information content (AvgIpc) is 2.15. The van der Waals surface area contributed by atoms with E-state index < -0.39 is 22.7 Å². The molecule has 0 unspecified atom stereocenters. The average molecular weight is 212 g/mol. The van der Waals surface area contributed by atoms with Gasteiger partial charge in [0.25, 0.3) is 0 Å². The molecule has 0 amide bonds. The lowest BCUT2D eigenvalue weighted by atomic mass is 10.2. The van der Waals surface area contributed by atoms with Crippen LogP contribution in [0.1, 0.15) is 5.56 Å². The first-order valence-electron chi connectivity index (χ1n) is 3.45. The normalized spacial score (nSPS) is 11.5. The summed E-state index contributed by atoms with van der Waals surface area (Å²) in [5.41, 5.74) is -1.72. The second-order valence-electron chi connectivity index (χ2n) is 2.38. The minimum Gasteiger partial charge on any atom is -0.166 e. The molecule has 0 spiro atoms. The fourth-order valence-electron chi connectivity index (χ4n) is 0.930. The van der Waals surface area contributed by atoms with Crippen LogP contribution in [0.3, 0.4) is 0 Å². The smallest absolute Gasteiger partial charge is 0.166 e. The van der Waals surface area contributed by atoms with E-state index in [1.54, 1.807) is 0 Å². The van der Waals surface area contributed by atoms with Crippen LogP contribution in [0, 0.1) is 0 Å². The van der Waals surface area contributed by atoms with Crippen molar-refractivity contribution in [2.45, 2.75) is 6.18 Å². The Morgan fingerprint density at radius 1 is 1.14 bits per heavy atom. The number of halogens is 5. The maximum absolute atomic E-state index is 12.5. The monoisotopic (exact) mass is 212 g/mol. The number of benzene rings is 1. The lowest BCUT2D eigenvalue weighted by molar-refractivity contribution is -0.137. The maximum Gasteiger partial charge on any atom is 0.418 e. The molecule has 0 aromatic heterocycles. The summed E-state index contributed by atoms with van der Waals surface area (Å²) in [5, 5.41) is -0.844. The van der Waals surface area contributed by atoms with E-state index in [9.17, 15) is 22.1 Å². The number of rotatable bonds is 2. The largest absolute Gasteiger partial charge is 0.418 e. The molecule has 1 aromatic rings. The molecular weight excluding hydrogens is 207 g/mol. The highest BCUT2D eigenvalue weighted by Gasteiger charge is 2.35. The van der Waals surface area contributed by atoms with E-state index >= 15 is 0 Å². The van der Waals surface area contributed by atoms with Gasteiger partial charge in [0.2, 0.25) is 0 Å². The number of anilines is 1. The van der Waals surface area contributed by atoms with E-state index in [2.05, 4.69) is 0 Å². The number of alkyl halides is 3. The minimum atomic E-state index is -4.72. The first-order valence-corrected chi connectivity index (χ1v) is 3.45. The molecule has 2 nitrogen and oxygen atoms in total. The van der Waals surface area contributed by atoms with E-state index in [-0.39, 0.29) is 0 Å². The topological polar surface area (TPSA) is 15.3 Å². The summed E-state index contributed by atoms with van der Waals surface area (Å²) in [7, 11) is 0. The van der Waals surface area contributed by atoms with Crippen molar-refractivity contribution in [3.8, 4) is 0 Å². The first-order chi connectivity index (χ1) is 6.46. The van der Waals surface area contributed by atoms with Crippen molar-refractivity contribution >= 4 is 5.69 Å². The SMILES string of the molecule is FNN(F)c1ccccc1C(F)(F)F. The second kappa shape index (κ2) is 3.79. The number of para-hydroxylation sites is 1. The van der Waals surface area contributed by atoms with Crippen molar-refractivity contribution in [1.29, 1.82) is 0 Å². The van der Waals surface area contributed by atoms with Crippen molar-refractivity contribution in [3.63, 3.8) is 0 Å². The third-order valence-corrected chi connectivity index (χ3v) is 1.50. The quantitative estimate of drug-likeness (QED) is 0.460. The van der Waals surface area contributed by atoms with Gasteiger partial charge in [-0.25, -0.2) is 0 Å². The van der Waals surface area contributed by atoms with Crippen molar-refractivity contribution in [2.75, 3.05) is 5.23 Å². The predicted octanol–water partition coefficient (Wildman–Crippen LogP) is 2.79. The zero-order valence-corrected chi connectivity index (χ0v) is 6.65. The number of nitrogens with one attached hydrogen (secondary N) is 1. The van der Waals surface area contributed by atoms with E-state index in [0.29, 0.717) is 11.7 Å². The highest BCUT2D eigenvalue weighted by Crippen LogP contribution is 2.35. The first kappa shape index (κ1) is 10.7. The Bertz CT molecular complexity index is 311. The predicted molar refractivity (Wildman–Crippen MR) is 39.3 cm³/mol. The van der Waals surface area contributed by atoms with Gasteiger partial charge in [-0.05, 0) is 17.8 Å². The van der Waals surface area contributed by atoms with Crippen LogP contribution in [0.25, 0.3) is 0 Å². The Morgan fingerprint density at radius 3 is 2.21 bits per heavy atom. The molecule has 14 heavy (non-hydrogen) atoms. The van der Waals surface area contributed by atoms with Gasteiger partial charge in [-0.2, -0.15) is 13.2 Å². The molecule has 0 radical (unpaired) electrons. The van der Waals surface area contributed by atoms with Gasteiger partial charge in [-0.3, -0.25) is 0 Å². The number of hydrogen-bond donors (Lipinski definition) is 1. The number of nitrogens with zero attached hydrogens (tertiary/aromatic N) is 1. The summed E-state index contributed by atoms with van der Waals surface area (Å²) in [6, 6.07) is 3.70. The third kappa shape index (κ3) is 2.11. The number of hydrazine groups is 1. The van der Waals surface area contributed by atoms with E-state index in [1.807, 2.05) is 0 Å². The van der Waals surface area contributed by atoms with Crippen LogP contribution in [0.15, 0.2) is 24.3 Å². The molecule has 0 heterocycles. The van der Waals surface area contributed by atoms with Crippen LogP contribution in [-0.2, 0) is 6.18 Å². The Morgan fingerprint density at radius 2 is 1.71 bits per heavy atom. The summed E-state index contributed by atoms with van der Waals surface area (Å²) >= 11 is 0. The molecule has 0 saturated heterocycles. The maximum atomic E-state index is 12.5. The molecule has 1 aromatic carbocycles. The molecular formula is C7H5F5N2. The molecule has 1 N–H and O–H groups in total. The summed E-state index contributed by atoms with van der Waals surface area (Å²) in [4.78, 5) is 0. The van der Waals surface area contributed by atoms with Gasteiger partial charge in [-0.1, -0.05) is 16.6 Å². The summed E-state index contributed by atoms with van der Waals surface area (Å²) in [5.74, 6) is 0. The van der Waals surface area contributed by atoms with Crippen molar-refractivity contribution < 1.29 is 22.1 Å². The highest BCUT2D eigenvalue weighted by molar-refractivity contribution is 5.51. The lowest BCUT2D eigenvalue weighted by Crippen LogP contribution is -2.25. The zero-order valence-electron chi connectivity index (χ0n) is 6.65. The van der Waals surface area contributed by atoms with Gasteiger partial charge in [0.15, 0.2) is 0 Å². The second-order valence-corrected chi connectivity index (χ2v) is 2.38. The van der Waals surface area contributed by atoms with Crippen molar-refractivity contribution in [2.24, 2.45) is 0 Å². The lowest BCUT2D eigenvalue weighted by Gasteiger charge is -2.15. The molecule has 78 valence electrons. The molecule has 0 aliphatic heterocycles. The molecule has 0 atom stereocenters. The Labute approximate surface area is 75.8 Å². The van der Waals surface area contributed by atoms with Gasteiger partial charge in [0.1, 0.15) is 5.69 Å². The van der Waals surface area contributed by atoms with E-state index in [4.69, 9.17) is 0 Å². The molecule has 0 bridgehead atoms. The van der Waals surface area contributed by atoms with Gasteiger partial charge >= 0.3 is 6.18 Å². The van der Waals surface area contributed by atoms with Crippen LogP contribution in [0.2, 0.25) is 0 Å². The standard InChI is InChI=1S/C7H5F5N2/c8-7(9,10)5-3-1-2-4-6(5)14(12)13-11/h1-4,13H. The molecule has 1 rings (SSSR count). The Kier molecular flexibility index (Phi) is 2.90. The van der Waals surface area contributed by atoms with Crippen LogP contribution >= 0.6 is 0 Å². The Hall–Kier alpha value is -1.37. The highest BCUT2D eigenvalue weighted by atomic mass is 19.4. The van der Waals surface area contributed by atoms with Crippen LogP contribution in [0.4, 0.5) is 27.8 Å². The van der Waals surface area contributed by atoms with Gasteiger partial charge in [-0.15, -0.1) is 9.71 Å². The van der Waals surface area contributed by atoms with E-state index in [1.165, 1.54) is 0 Å². The zero-order chi connectivity index (χ0) is 10.8. The molecule has 0 saturated carbocycles. The third-order valence-electron chi connectivity index (χ3n) is 1.50. The number of hydrogen-bond acceptors (Lipinski definition) is 2. The van der Waals surface area contributed by atoms with Gasteiger partial charge < -0.3 is 0 Å². The van der Waals surface area contributed by atoms with Crippen LogP contribution in [0.5, 0.6) is 0 Å². The summed E-state index contributed by atoms with van der Waals surface area (Å²) in [6.45, 7) is 0. The molecule has 7 heteroatoms. The molecule has 0 aliphatic rings. The Balaban J connectivity index is 3.16. The summed E-state index contributed by atoms with van der Waals surface area (Å²) in [6.07, 6.45) is -4.72. The van der Waals surface area contributed by atoms with Crippen LogP contribution < -0.4 is 10.9 Å². The van der Waals surface area contributed by atoms with Crippen molar-refractivity contribution in [1.82, 2.24) is 5.65 Å². The van der Waals surface area contributed by atoms with Gasteiger partial charge in [0, 0.05) is 0 Å². The molecule has 0 aliphatic carbocycles. The van der Waals surface area contributed by atoms with Crippen molar-refractivity contribution in [3.05, 3.63) is 29.8 Å². The fourth-order valence-corrected chi connectivity index (χ4v) is 0.930. The van der Waals surface area contributed by atoms with E-state index in [0.717, 1.165) is 18.2 Å². The minimum absolute atomic E-state index is 0.460. The van der Waals surface area contributed by atoms with Crippen LogP contribution in [-0.4, -0.2) is 0 Å².